The fourth-order valence-corrected chi connectivity index (χ4v) is 7.38. The zero-order chi connectivity index (χ0) is 28.7. The first-order valence-electron chi connectivity index (χ1n) is 13.5. The first-order chi connectivity index (χ1) is 19.8. The molecule has 6 fully saturated rings. The van der Waals surface area contributed by atoms with Gasteiger partial charge in [-0.15, -0.1) is 0 Å². The van der Waals surface area contributed by atoms with E-state index in [2.05, 4.69) is 0 Å². The van der Waals surface area contributed by atoms with Gasteiger partial charge in [-0.1, -0.05) is 43.8 Å². The second-order valence-electron chi connectivity index (χ2n) is 11.1. The summed E-state index contributed by atoms with van der Waals surface area (Å²) in [5, 5.41) is 29.8. The van der Waals surface area contributed by atoms with E-state index in [4.69, 9.17) is 14.2 Å². The molecule has 8 rings (SSSR count). The summed E-state index contributed by atoms with van der Waals surface area (Å²) >= 11 is 0. The normalized spacial score (nSPS) is 40.7. The van der Waals surface area contributed by atoms with Gasteiger partial charge in [0.2, 0.25) is 23.6 Å². The number of methoxy groups -OCH3 is 1. The van der Waals surface area contributed by atoms with Crippen LogP contribution in [0, 0.1) is 23.7 Å². The molecule has 12 nitrogen and oxygen atoms in total. The topological polar surface area (TPSA) is 163 Å². The van der Waals surface area contributed by atoms with Crippen LogP contribution in [-0.4, -0.2) is 94.9 Å². The summed E-state index contributed by atoms with van der Waals surface area (Å²) in [5.74, 6) is -3.82. The molecule has 2 aromatic rings. The lowest BCUT2D eigenvalue weighted by atomic mass is 9.78. The van der Waals surface area contributed by atoms with Gasteiger partial charge in [0.05, 0.1) is 59.5 Å². The average molecular weight is 581 g/mol. The molecule has 0 spiro atoms. The van der Waals surface area contributed by atoms with Crippen molar-refractivity contribution in [3.05, 3.63) is 60.7 Å². The molecule has 222 valence electrons. The lowest BCUT2D eigenvalue weighted by molar-refractivity contribution is -0.127. The van der Waals surface area contributed by atoms with E-state index in [1.165, 1.54) is 12.0 Å². The molecule has 4 amide bonds. The average Bonchev–Trinajstić information content (AvgIpc) is 3.79. The van der Waals surface area contributed by atoms with E-state index in [-0.39, 0.29) is 31.1 Å². The number of hydrogen-bond acceptors (Lipinski definition) is 10. The Labute approximate surface area is 241 Å². The third-order valence-electron chi connectivity index (χ3n) is 9.16. The van der Waals surface area contributed by atoms with E-state index >= 15 is 0 Å². The fourth-order valence-electron chi connectivity index (χ4n) is 7.38. The number of amides is 4. The van der Waals surface area contributed by atoms with Crippen molar-refractivity contribution in [1.82, 2.24) is 0 Å². The first kappa shape index (κ1) is 28.6. The van der Waals surface area contributed by atoms with Crippen molar-refractivity contribution >= 4 is 35.0 Å². The Bertz CT molecular complexity index is 1370. The van der Waals surface area contributed by atoms with E-state index in [0.29, 0.717) is 11.4 Å². The highest BCUT2D eigenvalue weighted by atomic mass is 16.6. The number of fused-ring (bicyclic) bond motifs is 10. The number of ether oxygens (including phenoxy) is 3. The van der Waals surface area contributed by atoms with Gasteiger partial charge in [0, 0.05) is 7.11 Å². The highest BCUT2D eigenvalue weighted by molar-refractivity contribution is 6.23. The van der Waals surface area contributed by atoms with Gasteiger partial charge in [0.15, 0.2) is 0 Å². The maximum Gasteiger partial charge on any atom is 0.240 e. The van der Waals surface area contributed by atoms with Crippen molar-refractivity contribution in [2.24, 2.45) is 23.7 Å². The van der Waals surface area contributed by atoms with Crippen LogP contribution < -0.4 is 9.80 Å². The van der Waals surface area contributed by atoms with E-state index < -0.39 is 72.5 Å². The summed E-state index contributed by atoms with van der Waals surface area (Å²) in [6, 6.07) is 17.5. The molecule has 0 radical (unpaired) electrons. The van der Waals surface area contributed by atoms with Gasteiger partial charge in [0.25, 0.3) is 0 Å². The van der Waals surface area contributed by atoms with Crippen LogP contribution in [0.4, 0.5) is 11.4 Å². The summed E-state index contributed by atoms with van der Waals surface area (Å²) in [6.45, 7) is 0. The minimum atomic E-state index is -1.10. The molecule has 6 heterocycles. The molecule has 12 heteroatoms. The van der Waals surface area contributed by atoms with E-state index in [1.54, 1.807) is 54.6 Å². The van der Waals surface area contributed by atoms with Gasteiger partial charge in [-0.2, -0.15) is 0 Å². The summed E-state index contributed by atoms with van der Waals surface area (Å²) in [6.07, 6.45) is -6.41. The Morgan fingerprint density at radius 1 is 0.571 bits per heavy atom. The van der Waals surface area contributed by atoms with Crippen molar-refractivity contribution < 1.29 is 48.7 Å². The third kappa shape index (κ3) is 3.76. The predicted octanol–water partition coefficient (Wildman–Crippen LogP) is -0.120. The Balaban J connectivity index is 0.000000147. The Morgan fingerprint density at radius 2 is 0.905 bits per heavy atom. The van der Waals surface area contributed by atoms with Crippen molar-refractivity contribution in [2.45, 2.75) is 56.3 Å². The maximum absolute atomic E-state index is 12.6. The molecule has 0 saturated carbocycles. The number of imide groups is 2. The Morgan fingerprint density at radius 3 is 1.29 bits per heavy atom. The summed E-state index contributed by atoms with van der Waals surface area (Å²) in [5.41, 5.74) is 1.07. The summed E-state index contributed by atoms with van der Waals surface area (Å²) in [4.78, 5) is 52.5. The highest BCUT2D eigenvalue weighted by Crippen LogP contribution is 2.51. The number of para-hydroxylation sites is 2. The zero-order valence-corrected chi connectivity index (χ0v) is 21.8. The number of anilines is 2. The van der Waals surface area contributed by atoms with Gasteiger partial charge in [-0.25, -0.2) is 9.80 Å². The van der Waals surface area contributed by atoms with Gasteiger partial charge in [-0.3, -0.25) is 19.2 Å². The van der Waals surface area contributed by atoms with E-state index in [0.717, 1.165) is 4.90 Å². The predicted molar refractivity (Wildman–Crippen MR) is 145 cm³/mol. The van der Waals surface area contributed by atoms with Gasteiger partial charge in [-0.05, 0) is 24.3 Å². The number of nitrogens with zero attached hydrogens (tertiary/aromatic N) is 2. The van der Waals surface area contributed by atoms with Crippen molar-refractivity contribution in [2.75, 3.05) is 16.9 Å². The number of carbonyl (C=O) groups excluding carboxylic acids is 4. The third-order valence-corrected chi connectivity index (χ3v) is 9.16. The number of carbonyl (C=O) groups is 4. The first-order valence-corrected chi connectivity index (χ1v) is 13.5. The molecule has 4 bridgehead atoms. The molecule has 6 aliphatic rings. The van der Waals surface area contributed by atoms with E-state index in [1.807, 2.05) is 6.07 Å². The largest absolute Gasteiger partial charge is 0.388 e. The van der Waals surface area contributed by atoms with Crippen LogP contribution in [0.25, 0.3) is 0 Å². The van der Waals surface area contributed by atoms with Gasteiger partial charge < -0.3 is 29.5 Å². The molecule has 2 aromatic carbocycles. The molecule has 6 saturated heterocycles. The number of hydrogen-bond donors (Lipinski definition) is 3. The standard InChI is InChI=1S/C15H15NO5.C14H13NO5.CH4/c1-20-13-10(17)11-8-9(12(13)21-11)15(19)16(14(8)18)7-5-3-2-4-6-7;16-9-10(17)12-8-7(11(9)20-12)13(18)15(14(8)19)6-4-2-1-3-5-6;/h2-6,8-13,17H,1H3;1-5,7-12,16-17H;1H4. The zero-order valence-electron chi connectivity index (χ0n) is 21.8. The molecule has 0 aromatic heterocycles. The summed E-state index contributed by atoms with van der Waals surface area (Å²) in [7, 11) is 1.48. The number of benzene rings is 2. The SMILES string of the molecule is C.COC1C(O)C2OC1C1C(=O)N(c3ccccc3)C(=O)C21.O=C1C2C3OC(C(O)C3O)C2C(=O)N1c1ccccc1. The van der Waals surface area contributed by atoms with Crippen LogP contribution in [0.15, 0.2) is 60.7 Å². The van der Waals surface area contributed by atoms with Crippen molar-refractivity contribution in [1.29, 1.82) is 0 Å². The van der Waals surface area contributed by atoms with Gasteiger partial charge >= 0.3 is 0 Å². The van der Waals surface area contributed by atoms with Crippen molar-refractivity contribution in [3.63, 3.8) is 0 Å². The lowest BCUT2D eigenvalue weighted by Crippen LogP contribution is -2.48. The van der Waals surface area contributed by atoms with E-state index in [9.17, 15) is 34.5 Å². The smallest absolute Gasteiger partial charge is 0.240 e. The highest BCUT2D eigenvalue weighted by Gasteiger charge is 2.70. The van der Waals surface area contributed by atoms with Crippen LogP contribution >= 0.6 is 0 Å². The Hall–Kier alpha value is -3.52. The lowest BCUT2D eigenvalue weighted by Gasteiger charge is -2.27. The second kappa shape index (κ2) is 10.3. The minimum absolute atomic E-state index is 0. The summed E-state index contributed by atoms with van der Waals surface area (Å²) < 4.78 is 16.3. The monoisotopic (exact) mass is 580 g/mol. The second-order valence-corrected chi connectivity index (χ2v) is 11.1. The van der Waals surface area contributed by atoms with Crippen LogP contribution in [0.3, 0.4) is 0 Å². The van der Waals surface area contributed by atoms with Crippen LogP contribution in [0.5, 0.6) is 0 Å². The number of aliphatic hydroxyl groups is 3. The molecule has 0 aliphatic carbocycles. The molecule has 6 aliphatic heterocycles. The molecule has 3 N–H and O–H groups in total. The molecular formula is C30H32N2O10. The Kier molecular flexibility index (Phi) is 7.03. The fraction of sp³-hybridized carbons (Fsp3) is 0.467. The maximum atomic E-state index is 12.6. The number of aliphatic hydroxyl groups excluding tert-OH is 3. The quantitative estimate of drug-likeness (QED) is 0.417. The minimum Gasteiger partial charge on any atom is -0.388 e. The van der Waals surface area contributed by atoms with Crippen LogP contribution in [-0.2, 0) is 33.4 Å². The van der Waals surface area contributed by atoms with Crippen molar-refractivity contribution in [3.8, 4) is 0 Å². The molecule has 42 heavy (non-hydrogen) atoms. The number of rotatable bonds is 3. The molecule has 12 atom stereocenters. The van der Waals surface area contributed by atoms with Gasteiger partial charge in [0.1, 0.15) is 24.4 Å². The molecular weight excluding hydrogens is 548 g/mol. The van der Waals surface area contributed by atoms with Crippen LogP contribution in [0.1, 0.15) is 7.43 Å². The van der Waals surface area contributed by atoms with Crippen LogP contribution in [0.2, 0.25) is 0 Å². The molecule has 12 unspecified atom stereocenters.